The van der Waals surface area contributed by atoms with Crippen LogP contribution in [0.15, 0.2) is 0 Å². The standard InChI is InChI=1S/C6H13NO2S/c1-6-3-2-4-7(5-6)10(8)9/h6H,2-5H2,1H3,(H,8,9)/t6-/m0/s1. The number of rotatable bonds is 1. The van der Waals surface area contributed by atoms with E-state index >= 15 is 0 Å². The van der Waals surface area contributed by atoms with Crippen LogP contribution in [0.5, 0.6) is 0 Å². The lowest BCUT2D eigenvalue weighted by molar-refractivity contribution is 0.276. The van der Waals surface area contributed by atoms with Gasteiger partial charge in [-0.05, 0) is 18.8 Å². The Labute approximate surface area is 63.8 Å². The average Bonchev–Trinajstić information content (AvgIpc) is 1.88. The van der Waals surface area contributed by atoms with Crippen molar-refractivity contribution in [1.82, 2.24) is 4.31 Å². The van der Waals surface area contributed by atoms with Crippen LogP contribution in [0, 0.1) is 5.92 Å². The van der Waals surface area contributed by atoms with Gasteiger partial charge in [0.05, 0.1) is 0 Å². The predicted molar refractivity (Wildman–Crippen MR) is 40.7 cm³/mol. The van der Waals surface area contributed by atoms with Gasteiger partial charge in [-0.3, -0.25) is 4.55 Å². The summed E-state index contributed by atoms with van der Waals surface area (Å²) < 4.78 is 20.8. The van der Waals surface area contributed by atoms with Crippen LogP contribution in [0.1, 0.15) is 19.8 Å². The number of hydrogen-bond donors (Lipinski definition) is 1. The Morgan fingerprint density at radius 3 is 2.80 bits per heavy atom. The molecule has 1 rings (SSSR count). The molecule has 10 heavy (non-hydrogen) atoms. The first-order valence-electron chi connectivity index (χ1n) is 3.56. The van der Waals surface area contributed by atoms with Crippen LogP contribution < -0.4 is 0 Å². The summed E-state index contributed by atoms with van der Waals surface area (Å²) in [6.07, 6.45) is 2.24. The van der Waals surface area contributed by atoms with Crippen molar-refractivity contribution in [3.05, 3.63) is 0 Å². The molecule has 1 aliphatic heterocycles. The molecule has 0 radical (unpaired) electrons. The highest BCUT2D eigenvalue weighted by Gasteiger charge is 2.19. The first kappa shape index (κ1) is 8.17. The van der Waals surface area contributed by atoms with Gasteiger partial charge >= 0.3 is 0 Å². The first-order chi connectivity index (χ1) is 4.70. The molecule has 3 nitrogen and oxygen atoms in total. The molecule has 0 amide bonds. The molecular formula is C6H13NO2S. The van der Waals surface area contributed by atoms with E-state index in [4.69, 9.17) is 4.55 Å². The molecule has 1 unspecified atom stereocenters. The zero-order valence-corrected chi connectivity index (χ0v) is 6.93. The summed E-state index contributed by atoms with van der Waals surface area (Å²) in [6.45, 7) is 3.65. The second-order valence-corrected chi connectivity index (χ2v) is 3.84. The van der Waals surface area contributed by atoms with E-state index in [9.17, 15) is 4.21 Å². The van der Waals surface area contributed by atoms with E-state index < -0.39 is 11.3 Å². The Kier molecular flexibility index (Phi) is 2.82. The van der Waals surface area contributed by atoms with Gasteiger partial charge in [-0.2, -0.15) is 0 Å². The molecule has 0 aliphatic carbocycles. The SMILES string of the molecule is C[C@H]1CCCN(S(=O)O)C1. The van der Waals surface area contributed by atoms with Gasteiger partial charge in [0, 0.05) is 13.1 Å². The van der Waals surface area contributed by atoms with Gasteiger partial charge in [0.1, 0.15) is 0 Å². The van der Waals surface area contributed by atoms with Crippen LogP contribution in [0.3, 0.4) is 0 Å². The molecule has 1 N–H and O–H groups in total. The fourth-order valence-electron chi connectivity index (χ4n) is 1.29. The van der Waals surface area contributed by atoms with E-state index in [2.05, 4.69) is 6.92 Å². The number of piperidine rings is 1. The van der Waals surface area contributed by atoms with E-state index in [1.165, 1.54) is 6.42 Å². The lowest BCUT2D eigenvalue weighted by atomic mass is 10.0. The lowest BCUT2D eigenvalue weighted by Gasteiger charge is -2.26. The Balaban J connectivity index is 2.39. The maximum Gasteiger partial charge on any atom is 0.234 e. The molecule has 0 aromatic heterocycles. The van der Waals surface area contributed by atoms with Crippen molar-refractivity contribution in [2.24, 2.45) is 5.92 Å². The molecule has 1 aliphatic rings. The van der Waals surface area contributed by atoms with E-state index in [0.717, 1.165) is 19.5 Å². The molecule has 0 bridgehead atoms. The van der Waals surface area contributed by atoms with E-state index in [1.807, 2.05) is 0 Å². The van der Waals surface area contributed by atoms with Crippen LogP contribution in [-0.4, -0.2) is 26.2 Å². The third-order valence-electron chi connectivity index (χ3n) is 1.84. The van der Waals surface area contributed by atoms with Crippen molar-refractivity contribution in [2.45, 2.75) is 19.8 Å². The maximum atomic E-state index is 10.5. The molecule has 1 saturated heterocycles. The molecule has 0 spiro atoms. The summed E-state index contributed by atoms with van der Waals surface area (Å²) in [5, 5.41) is 0. The number of hydrogen-bond acceptors (Lipinski definition) is 1. The van der Waals surface area contributed by atoms with Crippen LogP contribution >= 0.6 is 0 Å². The Bertz CT molecular complexity index is 140. The molecule has 1 heterocycles. The van der Waals surface area contributed by atoms with Crippen molar-refractivity contribution in [1.29, 1.82) is 0 Å². The minimum absolute atomic E-state index is 0.574. The Morgan fingerprint density at radius 1 is 1.70 bits per heavy atom. The second-order valence-electron chi connectivity index (χ2n) is 2.87. The van der Waals surface area contributed by atoms with Gasteiger partial charge in [-0.15, -0.1) is 0 Å². The summed E-state index contributed by atoms with van der Waals surface area (Å²) in [5.41, 5.74) is 0. The van der Waals surface area contributed by atoms with Crippen LogP contribution in [0.4, 0.5) is 0 Å². The van der Waals surface area contributed by atoms with Crippen LogP contribution in [-0.2, 0) is 11.3 Å². The second kappa shape index (κ2) is 3.46. The van der Waals surface area contributed by atoms with Crippen molar-refractivity contribution in [3.63, 3.8) is 0 Å². The van der Waals surface area contributed by atoms with Crippen molar-refractivity contribution in [3.8, 4) is 0 Å². The molecule has 4 heteroatoms. The summed E-state index contributed by atoms with van der Waals surface area (Å²) in [6, 6.07) is 0. The van der Waals surface area contributed by atoms with E-state index in [0.29, 0.717) is 5.92 Å². The molecule has 0 saturated carbocycles. The molecule has 0 aromatic rings. The third-order valence-corrected chi connectivity index (χ3v) is 2.61. The molecule has 0 aromatic carbocycles. The minimum Gasteiger partial charge on any atom is -0.294 e. The fourth-order valence-corrected chi connectivity index (χ4v) is 1.96. The van der Waals surface area contributed by atoms with Crippen molar-refractivity contribution in [2.75, 3.05) is 13.1 Å². The minimum atomic E-state index is -1.74. The summed E-state index contributed by atoms with van der Waals surface area (Å²) in [4.78, 5) is 0. The third kappa shape index (κ3) is 2.04. The van der Waals surface area contributed by atoms with E-state index in [1.54, 1.807) is 4.31 Å². The highest BCUT2D eigenvalue weighted by molar-refractivity contribution is 7.76. The van der Waals surface area contributed by atoms with Crippen LogP contribution in [0.25, 0.3) is 0 Å². The monoisotopic (exact) mass is 163 g/mol. The molecule has 2 atom stereocenters. The highest BCUT2D eigenvalue weighted by atomic mass is 32.2. The first-order valence-corrected chi connectivity index (χ1v) is 4.62. The Hall–Kier alpha value is 0.0700. The van der Waals surface area contributed by atoms with Gasteiger partial charge in [-0.1, -0.05) is 6.92 Å². The van der Waals surface area contributed by atoms with E-state index in [-0.39, 0.29) is 0 Å². The van der Waals surface area contributed by atoms with Gasteiger partial charge in [0.2, 0.25) is 11.3 Å². The normalized spacial score (nSPS) is 32.0. The Morgan fingerprint density at radius 2 is 2.40 bits per heavy atom. The summed E-state index contributed by atoms with van der Waals surface area (Å²) in [7, 11) is 0. The van der Waals surface area contributed by atoms with Gasteiger partial charge in [0.15, 0.2) is 0 Å². The number of nitrogens with zero attached hydrogens (tertiary/aromatic N) is 1. The smallest absolute Gasteiger partial charge is 0.234 e. The predicted octanol–water partition coefficient (Wildman–Crippen LogP) is 0.855. The fraction of sp³-hybridized carbons (Fsp3) is 1.00. The van der Waals surface area contributed by atoms with Crippen molar-refractivity contribution >= 4 is 11.3 Å². The van der Waals surface area contributed by atoms with Crippen LogP contribution in [0.2, 0.25) is 0 Å². The van der Waals surface area contributed by atoms with Crippen molar-refractivity contribution < 1.29 is 8.76 Å². The van der Waals surface area contributed by atoms with Gasteiger partial charge in [0.25, 0.3) is 0 Å². The van der Waals surface area contributed by atoms with Gasteiger partial charge in [-0.25, -0.2) is 8.51 Å². The average molecular weight is 163 g/mol. The van der Waals surface area contributed by atoms with Gasteiger partial charge < -0.3 is 0 Å². The molecular weight excluding hydrogens is 150 g/mol. The zero-order valence-electron chi connectivity index (χ0n) is 6.12. The maximum absolute atomic E-state index is 10.5. The summed E-state index contributed by atoms with van der Waals surface area (Å²) >= 11 is -1.74. The highest BCUT2D eigenvalue weighted by Crippen LogP contribution is 2.15. The largest absolute Gasteiger partial charge is 0.294 e. The quantitative estimate of drug-likeness (QED) is 0.582. The topological polar surface area (TPSA) is 40.5 Å². The molecule has 1 fully saturated rings. The summed E-state index contributed by atoms with van der Waals surface area (Å²) in [5.74, 6) is 0.574. The molecule has 60 valence electrons. The lowest BCUT2D eigenvalue weighted by Crippen LogP contribution is -2.35. The zero-order chi connectivity index (χ0) is 7.56.